The fraction of sp³-hybridized carbons (Fsp3) is 0.350. The Balaban J connectivity index is 1.92. The van der Waals surface area contributed by atoms with Crippen LogP contribution in [0.1, 0.15) is 17.0 Å². The van der Waals surface area contributed by atoms with Gasteiger partial charge in [-0.25, -0.2) is 0 Å². The van der Waals surface area contributed by atoms with Gasteiger partial charge in [-0.05, 0) is 5.56 Å². The van der Waals surface area contributed by atoms with Crippen molar-refractivity contribution in [3.63, 3.8) is 0 Å². The molecule has 0 amide bonds. The maximum atomic E-state index is 12.0. The number of hydrogen-bond acceptors (Lipinski definition) is 6. The van der Waals surface area contributed by atoms with E-state index in [1.54, 1.807) is 36.4 Å². The van der Waals surface area contributed by atoms with Gasteiger partial charge in [0.1, 0.15) is 29.5 Å². The highest BCUT2D eigenvalue weighted by molar-refractivity contribution is 5.75. The van der Waals surface area contributed by atoms with Gasteiger partial charge < -0.3 is 29.5 Å². The minimum atomic E-state index is -1.92. The molecule has 3 N–H and O–H groups in total. The Morgan fingerprint density at radius 3 is 2.44 bits per heavy atom. The van der Waals surface area contributed by atoms with Crippen LogP contribution in [0, 0.1) is 5.92 Å². The second-order valence-electron chi connectivity index (χ2n) is 6.81. The van der Waals surface area contributed by atoms with Crippen LogP contribution in [0.2, 0.25) is 0 Å². The van der Waals surface area contributed by atoms with Gasteiger partial charge in [-0.15, -0.1) is 0 Å². The molecule has 0 radical (unpaired) electrons. The molecular formula is C20H20O7. The van der Waals surface area contributed by atoms with Gasteiger partial charge in [0.2, 0.25) is 0 Å². The average molecular weight is 372 g/mol. The molecular weight excluding hydrogens is 352 g/mol. The molecule has 1 aliphatic carbocycles. The third-order valence-electron chi connectivity index (χ3n) is 5.56. The summed E-state index contributed by atoms with van der Waals surface area (Å²) in [4.78, 5) is 12.0. The molecule has 0 spiro atoms. The molecule has 27 heavy (non-hydrogen) atoms. The normalized spacial score (nSPS) is 31.0. The van der Waals surface area contributed by atoms with Crippen LogP contribution in [-0.4, -0.2) is 47.7 Å². The van der Waals surface area contributed by atoms with Gasteiger partial charge in [-0.1, -0.05) is 30.3 Å². The number of carbonyl (C=O) groups is 1. The molecule has 142 valence electrons. The molecule has 5 atom stereocenters. The van der Waals surface area contributed by atoms with Crippen molar-refractivity contribution >= 4 is 5.97 Å². The molecule has 2 aliphatic rings. The fourth-order valence-corrected chi connectivity index (χ4v) is 4.37. The minimum Gasteiger partial charge on any atom is -0.496 e. The van der Waals surface area contributed by atoms with Gasteiger partial charge in [0, 0.05) is 18.1 Å². The quantitative estimate of drug-likeness (QED) is 0.747. The molecule has 7 heteroatoms. The van der Waals surface area contributed by atoms with E-state index >= 15 is 0 Å². The number of hydrogen-bond donors (Lipinski definition) is 3. The lowest BCUT2D eigenvalue weighted by atomic mass is 9.86. The summed E-state index contributed by atoms with van der Waals surface area (Å²) in [5, 5.41) is 32.2. The fourth-order valence-electron chi connectivity index (χ4n) is 4.37. The first-order valence-electron chi connectivity index (χ1n) is 8.54. The number of aliphatic hydroxyl groups is 2. The maximum Gasteiger partial charge on any atom is 0.310 e. The van der Waals surface area contributed by atoms with E-state index in [4.69, 9.17) is 14.2 Å². The predicted octanol–water partition coefficient (Wildman–Crippen LogP) is 1.51. The zero-order valence-corrected chi connectivity index (χ0v) is 14.8. The lowest BCUT2D eigenvalue weighted by Gasteiger charge is -2.27. The van der Waals surface area contributed by atoms with Gasteiger partial charge in [0.15, 0.2) is 5.60 Å². The summed E-state index contributed by atoms with van der Waals surface area (Å²) in [6, 6.07) is 12.1. The van der Waals surface area contributed by atoms with Crippen LogP contribution in [0.4, 0.5) is 0 Å². The first-order chi connectivity index (χ1) is 12.9. The molecule has 0 bridgehead atoms. The molecule has 4 rings (SSSR count). The van der Waals surface area contributed by atoms with E-state index < -0.39 is 35.6 Å². The molecule has 1 fully saturated rings. The summed E-state index contributed by atoms with van der Waals surface area (Å²) in [5.74, 6) is -2.13. The first kappa shape index (κ1) is 17.6. The number of fused-ring (bicyclic) bond motifs is 3. The van der Waals surface area contributed by atoms with E-state index in [0.29, 0.717) is 17.1 Å². The number of methoxy groups -OCH3 is 2. The van der Waals surface area contributed by atoms with Crippen molar-refractivity contribution < 1.29 is 34.3 Å². The molecule has 7 nitrogen and oxygen atoms in total. The van der Waals surface area contributed by atoms with Crippen LogP contribution in [0.25, 0.3) is 0 Å². The number of aliphatic carboxylic acids is 1. The molecule has 2 aromatic carbocycles. The monoisotopic (exact) mass is 372 g/mol. The van der Waals surface area contributed by atoms with Crippen molar-refractivity contribution in [2.24, 2.45) is 5.92 Å². The lowest BCUT2D eigenvalue weighted by molar-refractivity contribution is -0.150. The van der Waals surface area contributed by atoms with E-state index in [2.05, 4.69) is 0 Å². The summed E-state index contributed by atoms with van der Waals surface area (Å²) in [6.07, 6.45) is -2.55. The van der Waals surface area contributed by atoms with Crippen LogP contribution in [0.3, 0.4) is 0 Å². The van der Waals surface area contributed by atoms with Gasteiger partial charge >= 0.3 is 5.97 Å². The SMILES string of the molecule is COc1cc(OC)c2c(c1)OC1C(c3ccccc3)C(C(=O)O)C(O)C21O. The summed E-state index contributed by atoms with van der Waals surface area (Å²) in [6.45, 7) is 0. The van der Waals surface area contributed by atoms with Crippen LogP contribution in [0.15, 0.2) is 42.5 Å². The van der Waals surface area contributed by atoms with Crippen molar-refractivity contribution in [3.8, 4) is 17.2 Å². The second-order valence-corrected chi connectivity index (χ2v) is 6.81. The van der Waals surface area contributed by atoms with Crippen LogP contribution in [0.5, 0.6) is 17.2 Å². The van der Waals surface area contributed by atoms with Crippen LogP contribution >= 0.6 is 0 Å². The van der Waals surface area contributed by atoms with Gasteiger partial charge in [-0.2, -0.15) is 0 Å². The largest absolute Gasteiger partial charge is 0.496 e. The van der Waals surface area contributed by atoms with Crippen LogP contribution < -0.4 is 14.2 Å². The van der Waals surface area contributed by atoms with Crippen LogP contribution in [-0.2, 0) is 10.4 Å². The van der Waals surface area contributed by atoms with Crippen molar-refractivity contribution in [2.45, 2.75) is 23.7 Å². The zero-order chi connectivity index (χ0) is 19.3. The molecule has 0 aromatic heterocycles. The van der Waals surface area contributed by atoms with Crippen molar-refractivity contribution in [1.82, 2.24) is 0 Å². The Bertz CT molecular complexity index is 881. The Morgan fingerprint density at radius 1 is 1.15 bits per heavy atom. The Morgan fingerprint density at radius 2 is 1.85 bits per heavy atom. The summed E-state index contributed by atoms with van der Waals surface area (Å²) < 4.78 is 16.6. The third-order valence-corrected chi connectivity index (χ3v) is 5.56. The number of aliphatic hydroxyl groups excluding tert-OH is 1. The number of benzene rings is 2. The molecule has 5 unspecified atom stereocenters. The van der Waals surface area contributed by atoms with Crippen molar-refractivity contribution in [2.75, 3.05) is 14.2 Å². The number of ether oxygens (including phenoxy) is 3. The Labute approximate surface area is 155 Å². The summed E-state index contributed by atoms with van der Waals surface area (Å²) >= 11 is 0. The maximum absolute atomic E-state index is 12.0. The number of carboxylic acid groups (broad SMARTS) is 1. The second kappa shape index (κ2) is 6.14. The van der Waals surface area contributed by atoms with Gasteiger partial charge in [0.25, 0.3) is 0 Å². The minimum absolute atomic E-state index is 0.244. The van der Waals surface area contributed by atoms with E-state index in [-0.39, 0.29) is 11.3 Å². The van der Waals surface area contributed by atoms with Gasteiger partial charge in [0.05, 0.1) is 25.7 Å². The first-order valence-corrected chi connectivity index (χ1v) is 8.54. The van der Waals surface area contributed by atoms with E-state index in [9.17, 15) is 20.1 Å². The molecule has 1 aliphatic heterocycles. The van der Waals surface area contributed by atoms with E-state index in [0.717, 1.165) is 0 Å². The molecule has 0 saturated heterocycles. The Kier molecular flexibility index (Phi) is 4.01. The van der Waals surface area contributed by atoms with Crippen molar-refractivity contribution in [3.05, 3.63) is 53.6 Å². The topological polar surface area (TPSA) is 105 Å². The summed E-state index contributed by atoms with van der Waals surface area (Å²) in [5.41, 5.74) is -1.01. The third kappa shape index (κ3) is 2.32. The Hall–Kier alpha value is -2.77. The number of carboxylic acids is 1. The predicted molar refractivity (Wildman–Crippen MR) is 94.2 cm³/mol. The highest BCUT2D eigenvalue weighted by Gasteiger charge is 2.69. The van der Waals surface area contributed by atoms with Crippen molar-refractivity contribution in [1.29, 1.82) is 0 Å². The lowest BCUT2D eigenvalue weighted by Crippen LogP contribution is -2.44. The smallest absolute Gasteiger partial charge is 0.310 e. The molecule has 2 aromatic rings. The molecule has 1 heterocycles. The zero-order valence-electron chi connectivity index (χ0n) is 14.8. The average Bonchev–Trinajstić information content (AvgIpc) is 3.09. The molecule has 1 saturated carbocycles. The summed E-state index contributed by atoms with van der Waals surface area (Å²) in [7, 11) is 2.92. The highest BCUT2D eigenvalue weighted by atomic mass is 16.5. The number of rotatable bonds is 4. The standard InChI is InChI=1S/C20H20O7/c1-25-11-8-12(26-2)16-13(9-11)27-18-14(10-6-4-3-5-7-10)15(19(22)23)17(21)20(16,18)24/h3-9,14-15,17-18,21,24H,1-2H3,(H,22,23). The highest BCUT2D eigenvalue weighted by Crippen LogP contribution is 2.60. The van der Waals surface area contributed by atoms with E-state index in [1.807, 2.05) is 6.07 Å². The van der Waals surface area contributed by atoms with Gasteiger partial charge in [-0.3, -0.25) is 4.79 Å². The van der Waals surface area contributed by atoms with E-state index in [1.165, 1.54) is 14.2 Å².